The summed E-state index contributed by atoms with van der Waals surface area (Å²) in [4.78, 5) is 35.8. The molecule has 1 heterocycles. The monoisotopic (exact) mass is 419 g/mol. The third-order valence-electron chi connectivity index (χ3n) is 3.48. The van der Waals surface area contributed by atoms with Crippen LogP contribution in [0.15, 0.2) is 46.9 Å². The molecule has 1 aliphatic rings. The lowest BCUT2D eigenvalue weighted by Crippen LogP contribution is -2.46. The van der Waals surface area contributed by atoms with Gasteiger partial charge in [-0.1, -0.05) is 12.1 Å². The van der Waals surface area contributed by atoms with Gasteiger partial charge in [0.2, 0.25) is 6.79 Å². The zero-order chi connectivity index (χ0) is 18.5. The Morgan fingerprint density at radius 1 is 0.962 bits per heavy atom. The minimum atomic E-state index is -0.570. The number of hydrogen-bond donors (Lipinski definition) is 3. The average Bonchev–Trinajstić information content (AvgIpc) is 3.12. The molecule has 0 unspecified atom stereocenters. The molecule has 8 nitrogen and oxygen atoms in total. The van der Waals surface area contributed by atoms with Crippen LogP contribution in [-0.2, 0) is 4.79 Å². The van der Waals surface area contributed by atoms with Crippen LogP contribution < -0.4 is 25.6 Å². The van der Waals surface area contributed by atoms with Crippen LogP contribution in [0.4, 0.5) is 0 Å². The molecule has 0 atom stereocenters. The van der Waals surface area contributed by atoms with Crippen molar-refractivity contribution in [2.75, 3.05) is 13.3 Å². The molecule has 0 radical (unpaired) electrons. The first kappa shape index (κ1) is 17.7. The zero-order valence-corrected chi connectivity index (χ0v) is 15.0. The molecule has 0 aliphatic carbocycles. The molecule has 0 aromatic heterocycles. The summed E-state index contributed by atoms with van der Waals surface area (Å²) in [5.41, 5.74) is 5.21. The normalized spacial score (nSPS) is 11.6. The van der Waals surface area contributed by atoms with Gasteiger partial charge >= 0.3 is 0 Å². The lowest BCUT2D eigenvalue weighted by Gasteiger charge is -2.09. The number of hydrazine groups is 1. The Hall–Kier alpha value is -3.07. The molecule has 9 heteroatoms. The van der Waals surface area contributed by atoms with Crippen molar-refractivity contribution in [3.63, 3.8) is 0 Å². The molecule has 0 saturated carbocycles. The van der Waals surface area contributed by atoms with E-state index in [1.165, 1.54) is 6.07 Å². The largest absolute Gasteiger partial charge is 0.454 e. The second-order valence-corrected chi connectivity index (χ2v) is 6.09. The molecule has 0 fully saturated rings. The highest BCUT2D eigenvalue weighted by molar-refractivity contribution is 9.10. The van der Waals surface area contributed by atoms with E-state index in [1.807, 2.05) is 0 Å². The van der Waals surface area contributed by atoms with Gasteiger partial charge in [-0.15, -0.1) is 0 Å². The second kappa shape index (κ2) is 7.87. The second-order valence-electron chi connectivity index (χ2n) is 5.23. The van der Waals surface area contributed by atoms with Crippen molar-refractivity contribution >= 4 is 33.7 Å². The van der Waals surface area contributed by atoms with Crippen molar-refractivity contribution in [2.24, 2.45) is 0 Å². The zero-order valence-electron chi connectivity index (χ0n) is 13.4. The van der Waals surface area contributed by atoms with Gasteiger partial charge in [0, 0.05) is 10.0 Å². The summed E-state index contributed by atoms with van der Waals surface area (Å²) < 4.78 is 11.0. The smallest absolute Gasteiger partial charge is 0.269 e. The number of rotatable bonds is 4. The van der Waals surface area contributed by atoms with Crippen LogP contribution in [0.5, 0.6) is 11.5 Å². The van der Waals surface area contributed by atoms with E-state index in [4.69, 9.17) is 9.47 Å². The fourth-order valence-corrected chi connectivity index (χ4v) is 2.65. The standard InChI is InChI=1S/C17H14BrN3O5/c18-12-4-2-1-3-11(12)17(24)19-8-15(22)20-21-16(23)10-5-6-13-14(7-10)26-9-25-13/h1-7H,8-9H2,(H,19,24)(H,20,22)(H,21,23). The molecule has 3 rings (SSSR count). The van der Waals surface area contributed by atoms with E-state index in [0.29, 0.717) is 27.1 Å². The average molecular weight is 420 g/mol. The molecule has 1 aliphatic heterocycles. The first-order valence-electron chi connectivity index (χ1n) is 7.56. The SMILES string of the molecule is O=C(CNC(=O)c1ccccc1Br)NNC(=O)c1ccc2c(c1)OCO2. The van der Waals surface area contributed by atoms with Gasteiger partial charge in [0.25, 0.3) is 17.7 Å². The van der Waals surface area contributed by atoms with Crippen LogP contribution in [0, 0.1) is 0 Å². The fraction of sp³-hybridized carbons (Fsp3) is 0.118. The highest BCUT2D eigenvalue weighted by Gasteiger charge is 2.17. The maximum atomic E-state index is 12.0. The highest BCUT2D eigenvalue weighted by Crippen LogP contribution is 2.32. The van der Waals surface area contributed by atoms with E-state index < -0.39 is 17.7 Å². The Morgan fingerprint density at radius 2 is 1.73 bits per heavy atom. The van der Waals surface area contributed by atoms with E-state index >= 15 is 0 Å². The minimum absolute atomic E-state index is 0.106. The van der Waals surface area contributed by atoms with Crippen molar-refractivity contribution in [1.82, 2.24) is 16.2 Å². The first-order chi connectivity index (χ1) is 12.5. The van der Waals surface area contributed by atoms with Gasteiger partial charge < -0.3 is 14.8 Å². The molecular formula is C17H14BrN3O5. The molecular weight excluding hydrogens is 406 g/mol. The molecule has 2 aromatic rings. The van der Waals surface area contributed by atoms with Gasteiger partial charge in [-0.25, -0.2) is 0 Å². The maximum Gasteiger partial charge on any atom is 0.269 e. The van der Waals surface area contributed by atoms with Gasteiger partial charge in [-0.2, -0.15) is 0 Å². The number of carbonyl (C=O) groups excluding carboxylic acids is 3. The third kappa shape index (κ3) is 4.12. The molecule has 3 N–H and O–H groups in total. The third-order valence-corrected chi connectivity index (χ3v) is 4.17. The van der Waals surface area contributed by atoms with Crippen LogP contribution >= 0.6 is 15.9 Å². The number of nitrogens with one attached hydrogen (secondary N) is 3. The lowest BCUT2D eigenvalue weighted by molar-refractivity contribution is -0.120. The predicted octanol–water partition coefficient (Wildman–Crippen LogP) is 1.37. The Bertz CT molecular complexity index is 871. The fourth-order valence-electron chi connectivity index (χ4n) is 2.18. The van der Waals surface area contributed by atoms with E-state index in [2.05, 4.69) is 32.1 Å². The van der Waals surface area contributed by atoms with Gasteiger partial charge in [0.15, 0.2) is 11.5 Å². The number of carbonyl (C=O) groups is 3. The van der Waals surface area contributed by atoms with Gasteiger partial charge in [-0.05, 0) is 46.3 Å². The van der Waals surface area contributed by atoms with Crippen molar-refractivity contribution in [3.8, 4) is 11.5 Å². The van der Waals surface area contributed by atoms with Gasteiger partial charge in [-0.3, -0.25) is 25.2 Å². The van der Waals surface area contributed by atoms with Crippen LogP contribution in [-0.4, -0.2) is 31.1 Å². The molecule has 3 amide bonds. The van der Waals surface area contributed by atoms with Crippen LogP contribution in [0.25, 0.3) is 0 Å². The Labute approximate surface area is 157 Å². The molecule has 0 saturated heterocycles. The highest BCUT2D eigenvalue weighted by atomic mass is 79.9. The maximum absolute atomic E-state index is 12.0. The van der Waals surface area contributed by atoms with Gasteiger partial charge in [0.05, 0.1) is 12.1 Å². The summed E-state index contributed by atoms with van der Waals surface area (Å²) in [7, 11) is 0. The number of fused-ring (bicyclic) bond motifs is 1. The predicted molar refractivity (Wildman–Crippen MR) is 94.6 cm³/mol. The summed E-state index contributed by atoms with van der Waals surface area (Å²) in [6, 6.07) is 11.5. The van der Waals surface area contributed by atoms with Crippen molar-refractivity contribution in [1.29, 1.82) is 0 Å². The summed E-state index contributed by atoms with van der Waals surface area (Å²) >= 11 is 3.26. The van der Waals surface area contributed by atoms with Crippen molar-refractivity contribution in [3.05, 3.63) is 58.1 Å². The molecule has 2 aromatic carbocycles. The van der Waals surface area contributed by atoms with E-state index in [-0.39, 0.29) is 13.3 Å². The van der Waals surface area contributed by atoms with E-state index in [1.54, 1.807) is 36.4 Å². The van der Waals surface area contributed by atoms with E-state index in [9.17, 15) is 14.4 Å². The van der Waals surface area contributed by atoms with Crippen molar-refractivity contribution < 1.29 is 23.9 Å². The number of hydrogen-bond acceptors (Lipinski definition) is 5. The topological polar surface area (TPSA) is 106 Å². The summed E-state index contributed by atoms with van der Waals surface area (Å²) in [5.74, 6) is -0.479. The summed E-state index contributed by atoms with van der Waals surface area (Å²) in [5, 5.41) is 2.47. The van der Waals surface area contributed by atoms with Crippen LogP contribution in [0.3, 0.4) is 0 Å². The molecule has 0 bridgehead atoms. The Balaban J connectivity index is 1.47. The number of benzene rings is 2. The molecule has 0 spiro atoms. The minimum Gasteiger partial charge on any atom is -0.454 e. The quantitative estimate of drug-likeness (QED) is 0.648. The Kier molecular flexibility index (Phi) is 5.37. The number of ether oxygens (including phenoxy) is 2. The number of amides is 3. The van der Waals surface area contributed by atoms with Crippen LogP contribution in [0.2, 0.25) is 0 Å². The van der Waals surface area contributed by atoms with Crippen LogP contribution in [0.1, 0.15) is 20.7 Å². The summed E-state index contributed by atoms with van der Waals surface area (Å²) in [6.45, 7) is -0.185. The molecule has 134 valence electrons. The summed E-state index contributed by atoms with van der Waals surface area (Å²) in [6.07, 6.45) is 0. The molecule has 26 heavy (non-hydrogen) atoms. The van der Waals surface area contributed by atoms with E-state index in [0.717, 1.165) is 0 Å². The van der Waals surface area contributed by atoms with Crippen molar-refractivity contribution in [2.45, 2.75) is 0 Å². The first-order valence-corrected chi connectivity index (χ1v) is 8.35. The number of halogens is 1. The van der Waals surface area contributed by atoms with Gasteiger partial charge in [0.1, 0.15) is 0 Å². The lowest BCUT2D eigenvalue weighted by atomic mass is 10.2. The Morgan fingerprint density at radius 3 is 2.54 bits per heavy atom.